The van der Waals surface area contributed by atoms with Gasteiger partial charge in [-0.1, -0.05) is 30.3 Å². The summed E-state index contributed by atoms with van der Waals surface area (Å²) < 4.78 is 50.4. The second-order valence-corrected chi connectivity index (χ2v) is 8.35. The Balaban J connectivity index is 1.51. The van der Waals surface area contributed by atoms with Gasteiger partial charge in [0.15, 0.2) is 0 Å². The van der Waals surface area contributed by atoms with Crippen LogP contribution in [0.5, 0.6) is 0 Å². The molecule has 2 aromatic rings. The predicted molar refractivity (Wildman–Crippen MR) is 101 cm³/mol. The second kappa shape index (κ2) is 9.27. The van der Waals surface area contributed by atoms with Crippen molar-refractivity contribution in [3.8, 4) is 0 Å². The van der Waals surface area contributed by atoms with E-state index >= 15 is 0 Å². The number of halogens is 1. The third-order valence-electron chi connectivity index (χ3n) is 4.50. The zero-order valence-corrected chi connectivity index (χ0v) is 16.2. The SMILES string of the molecule is O=C(CCc1ccc(S(=O)(=O)N2CCOCC2)cc1)OCc1ccccc1F. The summed E-state index contributed by atoms with van der Waals surface area (Å²) in [7, 11) is -3.53. The third-order valence-corrected chi connectivity index (χ3v) is 6.41. The lowest BCUT2D eigenvalue weighted by atomic mass is 10.1. The van der Waals surface area contributed by atoms with Gasteiger partial charge in [0.05, 0.1) is 18.1 Å². The van der Waals surface area contributed by atoms with Gasteiger partial charge in [-0.25, -0.2) is 12.8 Å². The lowest BCUT2D eigenvalue weighted by Crippen LogP contribution is -2.40. The lowest BCUT2D eigenvalue weighted by molar-refractivity contribution is -0.144. The van der Waals surface area contributed by atoms with Crippen molar-refractivity contribution in [2.45, 2.75) is 24.3 Å². The summed E-state index contributed by atoms with van der Waals surface area (Å²) in [4.78, 5) is 12.1. The van der Waals surface area contributed by atoms with Crippen LogP contribution in [-0.4, -0.2) is 45.0 Å². The highest BCUT2D eigenvalue weighted by Gasteiger charge is 2.26. The molecule has 0 saturated carbocycles. The number of benzene rings is 2. The van der Waals surface area contributed by atoms with Gasteiger partial charge in [0.2, 0.25) is 10.0 Å². The van der Waals surface area contributed by atoms with E-state index in [-0.39, 0.29) is 17.9 Å². The minimum absolute atomic E-state index is 0.109. The molecule has 3 rings (SSSR count). The van der Waals surface area contributed by atoms with E-state index in [4.69, 9.17) is 9.47 Å². The normalized spacial score (nSPS) is 15.3. The minimum atomic E-state index is -3.53. The molecule has 0 bridgehead atoms. The molecule has 2 aromatic carbocycles. The first kappa shape index (κ1) is 20.4. The molecule has 1 aliphatic heterocycles. The summed E-state index contributed by atoms with van der Waals surface area (Å²) in [5, 5.41) is 0. The van der Waals surface area contributed by atoms with Gasteiger partial charge in [-0.15, -0.1) is 0 Å². The molecule has 28 heavy (non-hydrogen) atoms. The molecule has 0 radical (unpaired) electrons. The van der Waals surface area contributed by atoms with Gasteiger partial charge in [-0.05, 0) is 30.2 Å². The average molecular weight is 407 g/mol. The third kappa shape index (κ3) is 5.15. The molecule has 1 heterocycles. The van der Waals surface area contributed by atoms with Crippen LogP contribution in [0, 0.1) is 5.82 Å². The van der Waals surface area contributed by atoms with Crippen molar-refractivity contribution in [2.24, 2.45) is 0 Å². The molecule has 6 nitrogen and oxygen atoms in total. The molecular weight excluding hydrogens is 385 g/mol. The first-order valence-corrected chi connectivity index (χ1v) is 10.5. The highest BCUT2D eigenvalue weighted by Crippen LogP contribution is 2.18. The van der Waals surface area contributed by atoms with Crippen LogP contribution in [0.2, 0.25) is 0 Å². The van der Waals surface area contributed by atoms with Crippen LogP contribution in [0.4, 0.5) is 4.39 Å². The Kier molecular flexibility index (Phi) is 6.77. The Hall–Kier alpha value is -2.29. The number of carbonyl (C=O) groups excluding carboxylic acids is 1. The van der Waals surface area contributed by atoms with Gasteiger partial charge in [-0.2, -0.15) is 4.31 Å². The summed E-state index contributed by atoms with van der Waals surface area (Å²) >= 11 is 0. The Labute approximate surface area is 163 Å². The summed E-state index contributed by atoms with van der Waals surface area (Å²) in [6, 6.07) is 12.6. The number of hydrogen-bond acceptors (Lipinski definition) is 5. The van der Waals surface area contributed by atoms with E-state index in [0.717, 1.165) is 5.56 Å². The van der Waals surface area contributed by atoms with E-state index in [1.54, 1.807) is 42.5 Å². The lowest BCUT2D eigenvalue weighted by Gasteiger charge is -2.26. The minimum Gasteiger partial charge on any atom is -0.461 e. The van der Waals surface area contributed by atoms with Crippen molar-refractivity contribution < 1.29 is 27.1 Å². The summed E-state index contributed by atoms with van der Waals surface area (Å²) in [6.07, 6.45) is 0.540. The van der Waals surface area contributed by atoms with Gasteiger partial charge < -0.3 is 9.47 Å². The number of ether oxygens (including phenoxy) is 2. The number of carbonyl (C=O) groups is 1. The molecule has 0 amide bonds. The summed E-state index contributed by atoms with van der Waals surface area (Å²) in [6.45, 7) is 1.37. The van der Waals surface area contributed by atoms with Crippen LogP contribution in [0.3, 0.4) is 0 Å². The fraction of sp³-hybridized carbons (Fsp3) is 0.350. The molecule has 1 saturated heterocycles. The fourth-order valence-electron chi connectivity index (χ4n) is 2.86. The summed E-state index contributed by atoms with van der Waals surface area (Å²) in [5.41, 5.74) is 1.15. The van der Waals surface area contributed by atoms with Crippen molar-refractivity contribution in [1.82, 2.24) is 4.31 Å². The number of esters is 1. The van der Waals surface area contributed by atoms with Crippen molar-refractivity contribution >= 4 is 16.0 Å². The van der Waals surface area contributed by atoms with Crippen LogP contribution in [0.15, 0.2) is 53.4 Å². The van der Waals surface area contributed by atoms with E-state index in [2.05, 4.69) is 0 Å². The molecular formula is C20H22FNO5S. The highest BCUT2D eigenvalue weighted by atomic mass is 32.2. The monoisotopic (exact) mass is 407 g/mol. The molecule has 0 aromatic heterocycles. The molecule has 0 N–H and O–H groups in total. The maximum atomic E-state index is 13.5. The van der Waals surface area contributed by atoms with Crippen molar-refractivity contribution in [3.63, 3.8) is 0 Å². The van der Waals surface area contributed by atoms with E-state index in [1.165, 1.54) is 10.4 Å². The van der Waals surface area contributed by atoms with E-state index < -0.39 is 21.8 Å². The van der Waals surface area contributed by atoms with Gasteiger partial charge in [-0.3, -0.25) is 4.79 Å². The van der Waals surface area contributed by atoms with Crippen molar-refractivity contribution in [3.05, 3.63) is 65.5 Å². The van der Waals surface area contributed by atoms with Gasteiger partial charge in [0.25, 0.3) is 0 Å². The van der Waals surface area contributed by atoms with Crippen LogP contribution in [0.1, 0.15) is 17.5 Å². The number of morpholine rings is 1. The predicted octanol–water partition coefficient (Wildman–Crippen LogP) is 2.52. The number of hydrogen-bond donors (Lipinski definition) is 0. The molecule has 150 valence electrons. The molecule has 8 heteroatoms. The van der Waals surface area contributed by atoms with Crippen LogP contribution in [-0.2, 0) is 37.3 Å². The molecule has 0 atom stereocenters. The van der Waals surface area contributed by atoms with Gasteiger partial charge >= 0.3 is 5.97 Å². The number of aryl methyl sites for hydroxylation is 1. The van der Waals surface area contributed by atoms with Gasteiger partial charge in [0.1, 0.15) is 12.4 Å². The van der Waals surface area contributed by atoms with Crippen molar-refractivity contribution in [2.75, 3.05) is 26.3 Å². The van der Waals surface area contributed by atoms with E-state index in [0.29, 0.717) is 38.3 Å². The van der Waals surface area contributed by atoms with Crippen LogP contribution >= 0.6 is 0 Å². The second-order valence-electron chi connectivity index (χ2n) is 6.41. The molecule has 0 spiro atoms. The van der Waals surface area contributed by atoms with E-state index in [9.17, 15) is 17.6 Å². The van der Waals surface area contributed by atoms with Crippen LogP contribution < -0.4 is 0 Å². The maximum Gasteiger partial charge on any atom is 0.306 e. The average Bonchev–Trinajstić information content (AvgIpc) is 2.72. The zero-order chi connectivity index (χ0) is 20.0. The Bertz CT molecular complexity index is 908. The number of rotatable bonds is 7. The quantitative estimate of drug-likeness (QED) is 0.660. The first-order valence-electron chi connectivity index (χ1n) is 9.03. The molecule has 0 aliphatic carbocycles. The smallest absolute Gasteiger partial charge is 0.306 e. The Morgan fingerprint density at radius 3 is 2.43 bits per heavy atom. The number of sulfonamides is 1. The Morgan fingerprint density at radius 1 is 1.07 bits per heavy atom. The van der Waals surface area contributed by atoms with Crippen molar-refractivity contribution in [1.29, 1.82) is 0 Å². The summed E-state index contributed by atoms with van der Waals surface area (Å²) in [5.74, 6) is -0.847. The number of nitrogens with zero attached hydrogens (tertiary/aromatic N) is 1. The Morgan fingerprint density at radius 2 is 1.75 bits per heavy atom. The molecule has 1 fully saturated rings. The van der Waals surface area contributed by atoms with Crippen LogP contribution in [0.25, 0.3) is 0 Å². The topological polar surface area (TPSA) is 72.9 Å². The molecule has 0 unspecified atom stereocenters. The fourth-order valence-corrected chi connectivity index (χ4v) is 4.26. The largest absolute Gasteiger partial charge is 0.461 e. The van der Waals surface area contributed by atoms with E-state index in [1.807, 2.05) is 0 Å². The maximum absolute atomic E-state index is 13.5. The zero-order valence-electron chi connectivity index (χ0n) is 15.3. The first-order chi connectivity index (χ1) is 13.5. The molecule has 1 aliphatic rings. The highest BCUT2D eigenvalue weighted by molar-refractivity contribution is 7.89. The van der Waals surface area contributed by atoms with Gasteiger partial charge in [0, 0.05) is 25.1 Å². The standard InChI is InChI=1S/C20H22FNO5S/c21-19-4-2-1-3-17(19)15-27-20(23)10-7-16-5-8-18(9-6-16)28(24,25)22-11-13-26-14-12-22/h1-6,8-9H,7,10-15H2.